The van der Waals surface area contributed by atoms with Crippen LogP contribution in [0.5, 0.6) is 5.75 Å². The molecule has 0 aliphatic heterocycles. The van der Waals surface area contributed by atoms with Gasteiger partial charge in [0.1, 0.15) is 11.4 Å². The molecule has 0 spiro atoms. The maximum Gasteiger partial charge on any atom is 0.289 e. The Morgan fingerprint density at radius 3 is 2.88 bits per heavy atom. The molecule has 24 heavy (non-hydrogen) atoms. The summed E-state index contributed by atoms with van der Waals surface area (Å²) in [5.41, 5.74) is 5.72. The van der Waals surface area contributed by atoms with Crippen molar-refractivity contribution in [2.75, 3.05) is 7.11 Å². The van der Waals surface area contributed by atoms with Gasteiger partial charge in [0.05, 0.1) is 12.8 Å². The van der Waals surface area contributed by atoms with Crippen molar-refractivity contribution < 1.29 is 9.53 Å². The van der Waals surface area contributed by atoms with E-state index >= 15 is 0 Å². The smallest absolute Gasteiger partial charge is 0.289 e. The van der Waals surface area contributed by atoms with Gasteiger partial charge in [-0.2, -0.15) is 10.2 Å². The Hall–Kier alpha value is -2.63. The van der Waals surface area contributed by atoms with Crippen LogP contribution in [0.1, 0.15) is 43.1 Å². The van der Waals surface area contributed by atoms with Gasteiger partial charge in [-0.25, -0.2) is 5.43 Å². The van der Waals surface area contributed by atoms with Crippen molar-refractivity contribution in [3.05, 3.63) is 36.0 Å². The van der Waals surface area contributed by atoms with E-state index < -0.39 is 0 Å². The minimum Gasteiger partial charge on any atom is -0.497 e. The third-order valence-electron chi connectivity index (χ3n) is 4.27. The number of benzene rings is 1. The molecule has 126 valence electrons. The van der Waals surface area contributed by atoms with Gasteiger partial charge in [-0.05, 0) is 61.9 Å². The van der Waals surface area contributed by atoms with Crippen molar-refractivity contribution in [1.82, 2.24) is 15.6 Å². The average molecular weight is 326 g/mol. The average Bonchev–Trinajstić information content (AvgIpc) is 3.10. The van der Waals surface area contributed by atoms with Crippen LogP contribution in [0.4, 0.5) is 0 Å². The standard InChI is InChI=1S/C18H22N4O2/c1-12-4-3-5-14(10-12)19-22-18(23)17-11-16(20-21-17)13-6-8-15(24-2)9-7-13/h6-9,11-12H,3-5,10H2,1-2H3,(H,20,21)(H,22,23)/t12-/m0/s1. The first-order valence-corrected chi connectivity index (χ1v) is 8.21. The van der Waals surface area contributed by atoms with Crippen molar-refractivity contribution in [2.24, 2.45) is 11.0 Å². The van der Waals surface area contributed by atoms with Crippen LogP contribution in [0.15, 0.2) is 35.4 Å². The van der Waals surface area contributed by atoms with Crippen LogP contribution in [0.2, 0.25) is 0 Å². The summed E-state index contributed by atoms with van der Waals surface area (Å²) in [6.45, 7) is 2.21. The summed E-state index contributed by atoms with van der Waals surface area (Å²) in [7, 11) is 1.63. The Morgan fingerprint density at radius 2 is 2.17 bits per heavy atom. The number of ether oxygens (including phenoxy) is 1. The molecule has 6 heteroatoms. The number of carbonyl (C=O) groups is 1. The molecular formula is C18H22N4O2. The number of amides is 1. The lowest BCUT2D eigenvalue weighted by Gasteiger charge is -2.18. The predicted molar refractivity (Wildman–Crippen MR) is 93.1 cm³/mol. The highest BCUT2D eigenvalue weighted by atomic mass is 16.5. The maximum absolute atomic E-state index is 12.2. The van der Waals surface area contributed by atoms with E-state index in [1.165, 1.54) is 6.42 Å². The molecule has 3 rings (SSSR count). The van der Waals surface area contributed by atoms with E-state index in [0.29, 0.717) is 17.3 Å². The van der Waals surface area contributed by atoms with E-state index in [1.807, 2.05) is 24.3 Å². The van der Waals surface area contributed by atoms with Crippen molar-refractivity contribution >= 4 is 11.6 Å². The highest BCUT2D eigenvalue weighted by Gasteiger charge is 2.15. The first-order valence-electron chi connectivity index (χ1n) is 8.21. The highest BCUT2D eigenvalue weighted by Crippen LogP contribution is 2.22. The number of hydrogen-bond acceptors (Lipinski definition) is 4. The summed E-state index contributed by atoms with van der Waals surface area (Å²) in [4.78, 5) is 12.2. The molecule has 1 heterocycles. The second kappa shape index (κ2) is 7.29. The van der Waals surface area contributed by atoms with Crippen LogP contribution in [-0.4, -0.2) is 28.9 Å². The lowest BCUT2D eigenvalue weighted by Crippen LogP contribution is -2.22. The molecule has 1 aliphatic carbocycles. The minimum absolute atomic E-state index is 0.270. The second-order valence-electron chi connectivity index (χ2n) is 6.22. The lowest BCUT2D eigenvalue weighted by atomic mass is 9.89. The topological polar surface area (TPSA) is 79.4 Å². The monoisotopic (exact) mass is 326 g/mol. The third kappa shape index (κ3) is 3.82. The Labute approximate surface area is 141 Å². The molecule has 6 nitrogen and oxygen atoms in total. The molecule has 0 radical (unpaired) electrons. The zero-order chi connectivity index (χ0) is 16.9. The largest absolute Gasteiger partial charge is 0.497 e. The first-order chi connectivity index (χ1) is 11.7. The van der Waals surface area contributed by atoms with E-state index in [2.05, 4.69) is 27.6 Å². The summed E-state index contributed by atoms with van der Waals surface area (Å²) in [6, 6.07) is 9.25. The Morgan fingerprint density at radius 1 is 1.38 bits per heavy atom. The van der Waals surface area contributed by atoms with Crippen LogP contribution in [0.3, 0.4) is 0 Å². The van der Waals surface area contributed by atoms with Crippen LogP contribution >= 0.6 is 0 Å². The molecule has 1 amide bonds. The van der Waals surface area contributed by atoms with Crippen LogP contribution in [0.25, 0.3) is 11.3 Å². The van der Waals surface area contributed by atoms with Gasteiger partial charge in [0.2, 0.25) is 0 Å². The number of hydrogen-bond donors (Lipinski definition) is 2. The van der Waals surface area contributed by atoms with E-state index in [1.54, 1.807) is 13.2 Å². The lowest BCUT2D eigenvalue weighted by molar-refractivity contribution is 0.0949. The summed E-state index contributed by atoms with van der Waals surface area (Å²) in [5, 5.41) is 11.2. The zero-order valence-corrected chi connectivity index (χ0v) is 14.0. The first kappa shape index (κ1) is 16.2. The van der Waals surface area contributed by atoms with Gasteiger partial charge in [-0.15, -0.1) is 0 Å². The summed E-state index contributed by atoms with van der Waals surface area (Å²) in [5.74, 6) is 1.15. The number of carbonyl (C=O) groups excluding carboxylic acids is 1. The molecule has 1 aliphatic rings. The van der Waals surface area contributed by atoms with Gasteiger partial charge in [0.15, 0.2) is 0 Å². The molecule has 1 saturated carbocycles. The molecule has 0 saturated heterocycles. The van der Waals surface area contributed by atoms with E-state index in [4.69, 9.17) is 4.74 Å². The van der Waals surface area contributed by atoms with E-state index in [-0.39, 0.29) is 5.91 Å². The van der Waals surface area contributed by atoms with Gasteiger partial charge in [-0.1, -0.05) is 6.92 Å². The summed E-state index contributed by atoms with van der Waals surface area (Å²) >= 11 is 0. The second-order valence-corrected chi connectivity index (χ2v) is 6.22. The van der Waals surface area contributed by atoms with Crippen molar-refractivity contribution in [3.63, 3.8) is 0 Å². The molecule has 1 aromatic carbocycles. The molecule has 1 fully saturated rings. The normalized spacial score (nSPS) is 19.2. The summed E-state index contributed by atoms with van der Waals surface area (Å²) < 4.78 is 5.14. The number of aromatic amines is 1. The molecule has 2 aromatic rings. The number of rotatable bonds is 4. The van der Waals surface area contributed by atoms with Gasteiger partial charge >= 0.3 is 0 Å². The fraction of sp³-hybridized carbons (Fsp3) is 0.389. The molecule has 0 bridgehead atoms. The van der Waals surface area contributed by atoms with Crippen molar-refractivity contribution in [3.8, 4) is 17.0 Å². The number of nitrogens with zero attached hydrogens (tertiary/aromatic N) is 2. The van der Waals surface area contributed by atoms with Gasteiger partial charge in [0.25, 0.3) is 5.91 Å². The van der Waals surface area contributed by atoms with Crippen LogP contribution < -0.4 is 10.2 Å². The minimum atomic E-state index is -0.270. The molecular weight excluding hydrogens is 304 g/mol. The Balaban J connectivity index is 1.66. The fourth-order valence-corrected chi connectivity index (χ4v) is 2.90. The molecule has 1 atom stereocenters. The van der Waals surface area contributed by atoms with Crippen LogP contribution in [0, 0.1) is 5.92 Å². The number of hydrazone groups is 1. The van der Waals surface area contributed by atoms with E-state index in [0.717, 1.165) is 36.3 Å². The quantitative estimate of drug-likeness (QED) is 0.845. The van der Waals surface area contributed by atoms with Gasteiger partial charge < -0.3 is 4.74 Å². The van der Waals surface area contributed by atoms with Gasteiger partial charge in [-0.3, -0.25) is 9.89 Å². The SMILES string of the molecule is COc1ccc(-c2cc(C(=O)NN=C3CCC[C@H](C)C3)[nH]n2)cc1. The number of H-pyrrole nitrogens is 1. The fourth-order valence-electron chi connectivity index (χ4n) is 2.90. The van der Waals surface area contributed by atoms with E-state index in [9.17, 15) is 4.79 Å². The van der Waals surface area contributed by atoms with Crippen molar-refractivity contribution in [1.29, 1.82) is 0 Å². The van der Waals surface area contributed by atoms with Crippen LogP contribution in [-0.2, 0) is 0 Å². The Kier molecular flexibility index (Phi) is 4.93. The molecule has 0 unspecified atom stereocenters. The Bertz CT molecular complexity index is 734. The predicted octanol–water partition coefficient (Wildman–Crippen LogP) is 3.38. The summed E-state index contributed by atoms with van der Waals surface area (Å²) in [6.07, 6.45) is 4.30. The zero-order valence-electron chi connectivity index (χ0n) is 14.0. The number of aromatic nitrogens is 2. The number of nitrogens with one attached hydrogen (secondary N) is 2. The molecule has 1 aromatic heterocycles. The molecule has 2 N–H and O–H groups in total. The van der Waals surface area contributed by atoms with Crippen molar-refractivity contribution in [2.45, 2.75) is 32.6 Å². The number of methoxy groups -OCH3 is 1. The maximum atomic E-state index is 12.2. The third-order valence-corrected chi connectivity index (χ3v) is 4.27. The highest BCUT2D eigenvalue weighted by molar-refractivity contribution is 5.94. The van der Waals surface area contributed by atoms with Gasteiger partial charge in [0, 0.05) is 11.3 Å².